The van der Waals surface area contributed by atoms with Gasteiger partial charge in [0, 0.05) is 17.3 Å². The fourth-order valence-electron chi connectivity index (χ4n) is 3.26. The molecule has 102 valence electrons. The Morgan fingerprint density at radius 1 is 1.32 bits per heavy atom. The predicted octanol–water partition coefficient (Wildman–Crippen LogP) is 1.94. The van der Waals surface area contributed by atoms with Gasteiger partial charge in [-0.25, -0.2) is 0 Å². The van der Waals surface area contributed by atoms with Crippen molar-refractivity contribution in [2.45, 2.75) is 18.4 Å². The number of benzene rings is 1. The van der Waals surface area contributed by atoms with Gasteiger partial charge < -0.3 is 15.5 Å². The third-order valence-corrected chi connectivity index (χ3v) is 4.32. The number of likely N-dealkylation sites (N-methyl/N-ethyl adjacent to an activating group) is 1. The van der Waals surface area contributed by atoms with E-state index in [-0.39, 0.29) is 5.54 Å². The number of likely N-dealkylation sites (tertiary alicyclic amines) is 1. The van der Waals surface area contributed by atoms with Crippen molar-refractivity contribution in [2.24, 2.45) is 10.7 Å². The first-order valence-corrected chi connectivity index (χ1v) is 7.03. The van der Waals surface area contributed by atoms with Crippen molar-refractivity contribution in [3.8, 4) is 0 Å². The standard InChI is InChI=1S/C14H19ClN4/c1-18-8-2-7-14(10-18)9-17-13(16)19(14)12-5-3-11(15)4-6-12/h3-6H,2,7-10H2,1H3,(H2,16,17). The molecule has 5 heteroatoms. The monoisotopic (exact) mass is 278 g/mol. The molecule has 1 atom stereocenters. The first kappa shape index (κ1) is 12.8. The number of hydrogen-bond acceptors (Lipinski definition) is 4. The van der Waals surface area contributed by atoms with Crippen LogP contribution >= 0.6 is 11.6 Å². The van der Waals surface area contributed by atoms with Gasteiger partial charge in [0.05, 0.1) is 12.1 Å². The van der Waals surface area contributed by atoms with Crippen LogP contribution in [-0.4, -0.2) is 43.1 Å². The molecular formula is C14H19ClN4. The van der Waals surface area contributed by atoms with E-state index in [1.807, 2.05) is 24.3 Å². The lowest BCUT2D eigenvalue weighted by Crippen LogP contribution is -2.60. The Hall–Kier alpha value is -1.26. The maximum absolute atomic E-state index is 6.12. The van der Waals surface area contributed by atoms with E-state index in [4.69, 9.17) is 17.3 Å². The number of halogens is 1. The smallest absolute Gasteiger partial charge is 0.196 e. The first-order chi connectivity index (χ1) is 9.11. The SMILES string of the molecule is CN1CCCC2(CN=C(N)N2c2ccc(Cl)cc2)C1. The minimum absolute atomic E-state index is 0.0188. The molecule has 0 bridgehead atoms. The fraction of sp³-hybridized carbons (Fsp3) is 0.500. The normalized spacial score (nSPS) is 27.9. The van der Waals surface area contributed by atoms with Crippen LogP contribution in [0.4, 0.5) is 5.69 Å². The highest BCUT2D eigenvalue weighted by molar-refractivity contribution is 6.30. The molecule has 2 N–H and O–H groups in total. The zero-order valence-corrected chi connectivity index (χ0v) is 11.9. The Morgan fingerprint density at radius 2 is 2.05 bits per heavy atom. The Bertz CT molecular complexity index is 499. The molecule has 0 aromatic heterocycles. The molecule has 0 amide bonds. The maximum atomic E-state index is 6.12. The number of aliphatic imine (C=N–C) groups is 1. The fourth-order valence-corrected chi connectivity index (χ4v) is 3.39. The lowest BCUT2D eigenvalue weighted by atomic mass is 9.88. The molecule has 0 aliphatic carbocycles. The van der Waals surface area contributed by atoms with Crippen molar-refractivity contribution in [3.63, 3.8) is 0 Å². The molecule has 2 aliphatic heterocycles. The van der Waals surface area contributed by atoms with Gasteiger partial charge in [0.15, 0.2) is 5.96 Å². The molecule has 1 saturated heterocycles. The average molecular weight is 279 g/mol. The molecule has 0 radical (unpaired) electrons. The molecule has 1 aromatic carbocycles. The van der Waals surface area contributed by atoms with E-state index in [1.54, 1.807) is 0 Å². The van der Waals surface area contributed by atoms with E-state index >= 15 is 0 Å². The Morgan fingerprint density at radius 3 is 2.74 bits per heavy atom. The predicted molar refractivity (Wildman–Crippen MR) is 79.9 cm³/mol. The molecule has 1 fully saturated rings. The number of hydrogen-bond donors (Lipinski definition) is 1. The third-order valence-electron chi connectivity index (χ3n) is 4.07. The second-order valence-electron chi connectivity index (χ2n) is 5.55. The summed E-state index contributed by atoms with van der Waals surface area (Å²) in [7, 11) is 2.16. The molecule has 2 aliphatic rings. The Labute approximate surface area is 118 Å². The number of anilines is 1. The second-order valence-corrected chi connectivity index (χ2v) is 5.99. The average Bonchev–Trinajstić information content (AvgIpc) is 2.68. The lowest BCUT2D eigenvalue weighted by Gasteiger charge is -2.45. The summed E-state index contributed by atoms with van der Waals surface area (Å²) in [5, 5.41) is 0.744. The van der Waals surface area contributed by atoms with Crippen molar-refractivity contribution >= 4 is 23.2 Å². The summed E-state index contributed by atoms with van der Waals surface area (Å²) in [5.74, 6) is 0.623. The summed E-state index contributed by atoms with van der Waals surface area (Å²) in [6.07, 6.45) is 2.31. The van der Waals surface area contributed by atoms with Crippen LogP contribution in [0.3, 0.4) is 0 Å². The van der Waals surface area contributed by atoms with Gasteiger partial charge in [-0.3, -0.25) is 4.99 Å². The van der Waals surface area contributed by atoms with Crippen LogP contribution in [0.5, 0.6) is 0 Å². The number of piperidine rings is 1. The summed E-state index contributed by atoms with van der Waals surface area (Å²) >= 11 is 5.97. The molecule has 19 heavy (non-hydrogen) atoms. The minimum Gasteiger partial charge on any atom is -0.369 e. The molecule has 4 nitrogen and oxygen atoms in total. The molecule has 1 spiro atoms. The highest BCUT2D eigenvalue weighted by Crippen LogP contribution is 2.35. The van der Waals surface area contributed by atoms with Gasteiger partial charge in [0.1, 0.15) is 0 Å². The van der Waals surface area contributed by atoms with Crippen LogP contribution in [0.1, 0.15) is 12.8 Å². The summed E-state index contributed by atoms with van der Waals surface area (Å²) in [6, 6.07) is 7.85. The number of rotatable bonds is 1. The highest BCUT2D eigenvalue weighted by Gasteiger charge is 2.45. The van der Waals surface area contributed by atoms with Gasteiger partial charge in [-0.05, 0) is 50.7 Å². The van der Waals surface area contributed by atoms with Gasteiger partial charge in [-0.15, -0.1) is 0 Å². The van der Waals surface area contributed by atoms with Crippen LogP contribution in [0.2, 0.25) is 5.02 Å². The third kappa shape index (κ3) is 2.19. The Balaban J connectivity index is 1.96. The van der Waals surface area contributed by atoms with E-state index in [1.165, 1.54) is 6.42 Å². The molecular weight excluding hydrogens is 260 g/mol. The summed E-state index contributed by atoms with van der Waals surface area (Å²) in [6.45, 7) is 2.93. The van der Waals surface area contributed by atoms with Crippen LogP contribution in [-0.2, 0) is 0 Å². The van der Waals surface area contributed by atoms with Crippen LogP contribution in [0.25, 0.3) is 0 Å². The van der Waals surface area contributed by atoms with Crippen molar-refractivity contribution in [1.82, 2.24) is 4.90 Å². The summed E-state index contributed by atoms with van der Waals surface area (Å²) < 4.78 is 0. The van der Waals surface area contributed by atoms with E-state index in [9.17, 15) is 0 Å². The van der Waals surface area contributed by atoms with Crippen LogP contribution < -0.4 is 10.6 Å². The van der Waals surface area contributed by atoms with E-state index in [2.05, 4.69) is 21.8 Å². The van der Waals surface area contributed by atoms with Crippen LogP contribution in [0.15, 0.2) is 29.3 Å². The molecule has 1 unspecified atom stereocenters. The van der Waals surface area contributed by atoms with E-state index in [0.717, 1.165) is 36.8 Å². The lowest BCUT2D eigenvalue weighted by molar-refractivity contribution is 0.191. The molecule has 1 aromatic rings. The zero-order valence-electron chi connectivity index (χ0n) is 11.1. The highest BCUT2D eigenvalue weighted by atomic mass is 35.5. The quantitative estimate of drug-likeness (QED) is 0.854. The Kier molecular flexibility index (Phi) is 3.15. The molecule has 3 rings (SSSR count). The largest absolute Gasteiger partial charge is 0.369 e. The zero-order chi connectivity index (χ0) is 13.5. The number of guanidine groups is 1. The van der Waals surface area contributed by atoms with E-state index < -0.39 is 0 Å². The van der Waals surface area contributed by atoms with Crippen molar-refractivity contribution in [3.05, 3.63) is 29.3 Å². The first-order valence-electron chi connectivity index (χ1n) is 6.65. The van der Waals surface area contributed by atoms with Crippen molar-refractivity contribution in [2.75, 3.05) is 31.6 Å². The second kappa shape index (κ2) is 4.69. The van der Waals surface area contributed by atoms with Crippen molar-refractivity contribution < 1.29 is 0 Å². The van der Waals surface area contributed by atoms with Crippen molar-refractivity contribution in [1.29, 1.82) is 0 Å². The van der Waals surface area contributed by atoms with Crippen LogP contribution in [0, 0.1) is 0 Å². The number of nitrogens with two attached hydrogens (primary N) is 1. The minimum atomic E-state index is 0.0188. The van der Waals surface area contributed by atoms with E-state index in [0.29, 0.717) is 5.96 Å². The van der Waals surface area contributed by atoms with Gasteiger partial charge in [-0.2, -0.15) is 0 Å². The molecule has 2 heterocycles. The maximum Gasteiger partial charge on any atom is 0.196 e. The van der Waals surface area contributed by atoms with Gasteiger partial charge in [0.25, 0.3) is 0 Å². The molecule has 0 saturated carbocycles. The van der Waals surface area contributed by atoms with Gasteiger partial charge in [-0.1, -0.05) is 11.6 Å². The summed E-state index contributed by atoms with van der Waals surface area (Å²) in [5.41, 5.74) is 7.23. The number of nitrogens with zero attached hydrogens (tertiary/aromatic N) is 3. The van der Waals surface area contributed by atoms with Gasteiger partial charge in [0.2, 0.25) is 0 Å². The summed E-state index contributed by atoms with van der Waals surface area (Å²) in [4.78, 5) is 9.04. The topological polar surface area (TPSA) is 44.9 Å². The van der Waals surface area contributed by atoms with Gasteiger partial charge >= 0.3 is 0 Å².